The molecule has 2 aromatic carbocycles. The number of nitrogens with zero attached hydrogens (tertiary/aromatic N) is 4. The fourth-order valence-electron chi connectivity index (χ4n) is 3.71. The minimum absolute atomic E-state index is 0.0241. The molecule has 1 aliphatic heterocycles. The van der Waals surface area contributed by atoms with Crippen molar-refractivity contribution >= 4 is 23.5 Å². The van der Waals surface area contributed by atoms with Crippen molar-refractivity contribution in [2.45, 2.75) is 39.3 Å². The van der Waals surface area contributed by atoms with E-state index in [-0.39, 0.29) is 18.0 Å². The third-order valence-electron chi connectivity index (χ3n) is 5.12. The van der Waals surface area contributed by atoms with E-state index in [1.165, 1.54) is 6.33 Å². The van der Waals surface area contributed by atoms with E-state index in [0.717, 1.165) is 11.1 Å². The minimum Gasteiger partial charge on any atom is -0.274 e. The second-order valence-electron chi connectivity index (χ2n) is 8.16. The number of rotatable bonds is 2. The van der Waals surface area contributed by atoms with Crippen molar-refractivity contribution in [3.63, 3.8) is 0 Å². The largest absolute Gasteiger partial charge is 0.274 e. The third-order valence-corrected chi connectivity index (χ3v) is 5.37. The maximum atomic E-state index is 13.4. The number of carbonyl (C=O) groups excluding carboxylic acids is 1. The van der Waals surface area contributed by atoms with E-state index in [4.69, 9.17) is 11.6 Å². The topological polar surface area (TPSA) is 51.0 Å². The number of hydrogen-bond donors (Lipinski definition) is 0. The summed E-state index contributed by atoms with van der Waals surface area (Å²) in [5, 5.41) is 5.16. The summed E-state index contributed by atoms with van der Waals surface area (Å²) in [6, 6.07) is 17.8. The monoisotopic (exact) mass is 394 g/mol. The molecule has 0 radical (unpaired) electrons. The number of anilines is 1. The van der Waals surface area contributed by atoms with Gasteiger partial charge in [0.1, 0.15) is 6.33 Å². The van der Waals surface area contributed by atoms with Gasteiger partial charge in [-0.05, 0) is 29.7 Å². The molecule has 2 atom stereocenters. The summed E-state index contributed by atoms with van der Waals surface area (Å²) in [4.78, 5) is 19.7. The van der Waals surface area contributed by atoms with Crippen LogP contribution in [0, 0.1) is 5.41 Å². The van der Waals surface area contributed by atoms with Crippen molar-refractivity contribution in [1.82, 2.24) is 14.8 Å². The van der Waals surface area contributed by atoms with Crippen LogP contribution in [0.15, 0.2) is 60.9 Å². The molecule has 1 aliphatic rings. The number of amides is 1. The molecule has 2 heterocycles. The Hall–Kier alpha value is -2.66. The first-order chi connectivity index (χ1) is 13.4. The highest BCUT2D eigenvalue weighted by Crippen LogP contribution is 2.43. The average molecular weight is 395 g/mol. The normalized spacial score (nSPS) is 19.4. The van der Waals surface area contributed by atoms with Crippen LogP contribution in [0.1, 0.15) is 50.4 Å². The highest BCUT2D eigenvalue weighted by atomic mass is 35.5. The lowest BCUT2D eigenvalue weighted by atomic mass is 9.88. The Morgan fingerprint density at radius 3 is 2.29 bits per heavy atom. The average Bonchev–Trinajstić information content (AvgIpc) is 3.16. The van der Waals surface area contributed by atoms with Gasteiger partial charge >= 0.3 is 0 Å². The number of aromatic nitrogens is 3. The predicted molar refractivity (Wildman–Crippen MR) is 110 cm³/mol. The second-order valence-corrected chi connectivity index (χ2v) is 8.60. The lowest BCUT2D eigenvalue weighted by Crippen LogP contribution is -2.47. The van der Waals surface area contributed by atoms with Gasteiger partial charge in [0, 0.05) is 10.4 Å². The van der Waals surface area contributed by atoms with Gasteiger partial charge in [-0.25, -0.2) is 4.68 Å². The number of hydrogen-bond acceptors (Lipinski definition) is 3. The molecule has 0 saturated heterocycles. The Kier molecular flexibility index (Phi) is 4.71. The van der Waals surface area contributed by atoms with Gasteiger partial charge in [0.2, 0.25) is 11.9 Å². The lowest BCUT2D eigenvalue weighted by molar-refractivity contribution is -0.126. The Balaban J connectivity index is 1.86. The Morgan fingerprint density at radius 2 is 1.64 bits per heavy atom. The zero-order valence-electron chi connectivity index (χ0n) is 16.2. The van der Waals surface area contributed by atoms with Gasteiger partial charge in [0.15, 0.2) is 0 Å². The summed E-state index contributed by atoms with van der Waals surface area (Å²) in [6.45, 7) is 5.80. The van der Waals surface area contributed by atoms with E-state index >= 15 is 0 Å². The third kappa shape index (κ3) is 3.31. The molecule has 0 aliphatic carbocycles. The fraction of sp³-hybridized carbons (Fsp3) is 0.318. The zero-order valence-corrected chi connectivity index (χ0v) is 17.0. The molecule has 5 nitrogen and oxygen atoms in total. The maximum absolute atomic E-state index is 13.4. The van der Waals surface area contributed by atoms with Crippen molar-refractivity contribution in [3.8, 4) is 0 Å². The summed E-state index contributed by atoms with van der Waals surface area (Å²) in [5.41, 5.74) is 1.66. The molecular weight excluding hydrogens is 372 g/mol. The van der Waals surface area contributed by atoms with Crippen molar-refractivity contribution < 1.29 is 4.79 Å². The molecule has 144 valence electrons. The smallest absolute Gasteiger partial charge is 0.235 e. The Labute approximate surface area is 170 Å². The molecule has 0 fully saturated rings. The molecule has 1 aromatic heterocycles. The second kappa shape index (κ2) is 7.06. The highest BCUT2D eigenvalue weighted by molar-refractivity contribution is 6.30. The van der Waals surface area contributed by atoms with Crippen LogP contribution in [-0.2, 0) is 4.79 Å². The van der Waals surface area contributed by atoms with Crippen LogP contribution < -0.4 is 4.90 Å². The molecule has 0 bridgehead atoms. The molecule has 0 N–H and O–H groups in total. The van der Waals surface area contributed by atoms with E-state index in [0.29, 0.717) is 17.4 Å². The van der Waals surface area contributed by atoms with Crippen LogP contribution in [0.3, 0.4) is 0 Å². The van der Waals surface area contributed by atoms with Crippen LogP contribution in [0.2, 0.25) is 5.02 Å². The van der Waals surface area contributed by atoms with Crippen LogP contribution >= 0.6 is 11.6 Å². The molecule has 0 saturated carbocycles. The van der Waals surface area contributed by atoms with Gasteiger partial charge < -0.3 is 0 Å². The van der Waals surface area contributed by atoms with E-state index in [1.54, 1.807) is 0 Å². The molecule has 3 aromatic rings. The number of carbonyl (C=O) groups is 1. The van der Waals surface area contributed by atoms with Crippen LogP contribution in [0.4, 0.5) is 5.95 Å². The summed E-state index contributed by atoms with van der Waals surface area (Å²) in [7, 11) is 0. The van der Waals surface area contributed by atoms with Gasteiger partial charge in [-0.15, -0.1) is 0 Å². The Morgan fingerprint density at radius 1 is 1.00 bits per heavy atom. The number of fused-ring (bicyclic) bond motifs is 1. The summed E-state index contributed by atoms with van der Waals surface area (Å²) >= 11 is 6.08. The van der Waals surface area contributed by atoms with E-state index in [1.807, 2.05) is 72.8 Å². The predicted octanol–water partition coefficient (Wildman–Crippen LogP) is 5.05. The summed E-state index contributed by atoms with van der Waals surface area (Å²) < 4.78 is 1.85. The van der Waals surface area contributed by atoms with Gasteiger partial charge in [0.25, 0.3) is 0 Å². The van der Waals surface area contributed by atoms with Crippen molar-refractivity contribution in [2.24, 2.45) is 5.41 Å². The fourth-order valence-corrected chi connectivity index (χ4v) is 3.83. The summed E-state index contributed by atoms with van der Waals surface area (Å²) in [6.07, 6.45) is 2.23. The molecular formula is C22H23ClN4O. The van der Waals surface area contributed by atoms with Crippen LogP contribution in [-0.4, -0.2) is 20.7 Å². The van der Waals surface area contributed by atoms with Crippen LogP contribution in [0.5, 0.6) is 0 Å². The van der Waals surface area contributed by atoms with Crippen molar-refractivity contribution in [3.05, 3.63) is 77.1 Å². The maximum Gasteiger partial charge on any atom is 0.235 e. The zero-order chi connectivity index (χ0) is 19.9. The number of halogens is 1. The SMILES string of the molecule is CC(C)(C)C(=O)N1c2ncnn2[C@@H](c2ccc(Cl)cc2)C[C@H]1c1ccccc1. The molecule has 0 spiro atoms. The van der Waals surface area contributed by atoms with Crippen molar-refractivity contribution in [1.29, 1.82) is 0 Å². The first kappa shape index (κ1) is 18.7. The van der Waals surface area contributed by atoms with E-state index < -0.39 is 5.41 Å². The lowest BCUT2D eigenvalue weighted by Gasteiger charge is -2.41. The van der Waals surface area contributed by atoms with Gasteiger partial charge in [0.05, 0.1) is 12.1 Å². The molecule has 6 heteroatoms. The number of benzene rings is 2. The first-order valence-corrected chi connectivity index (χ1v) is 9.77. The molecule has 4 rings (SSSR count). The highest BCUT2D eigenvalue weighted by Gasteiger charge is 2.42. The van der Waals surface area contributed by atoms with Gasteiger partial charge in [-0.3, -0.25) is 9.69 Å². The quantitative estimate of drug-likeness (QED) is 0.611. The standard InChI is InChI=1S/C22H23ClN4O/c1-22(2,3)20(28)26-18(15-7-5-4-6-8-15)13-19(27-21(26)24-14-25-27)16-9-11-17(23)12-10-16/h4-12,14,18-19H,13H2,1-3H3/t18-,19+/m0/s1. The van der Waals surface area contributed by atoms with Crippen molar-refractivity contribution in [2.75, 3.05) is 4.90 Å². The molecule has 0 unspecified atom stereocenters. The van der Waals surface area contributed by atoms with Gasteiger partial charge in [-0.2, -0.15) is 10.1 Å². The Bertz CT molecular complexity index is 976. The minimum atomic E-state index is -0.531. The molecule has 28 heavy (non-hydrogen) atoms. The van der Waals surface area contributed by atoms with Gasteiger partial charge in [-0.1, -0.05) is 74.8 Å². The molecule has 1 amide bonds. The first-order valence-electron chi connectivity index (χ1n) is 9.40. The van der Waals surface area contributed by atoms with E-state index in [9.17, 15) is 4.79 Å². The summed E-state index contributed by atoms with van der Waals surface area (Å²) in [5.74, 6) is 0.616. The van der Waals surface area contributed by atoms with E-state index in [2.05, 4.69) is 22.2 Å². The van der Waals surface area contributed by atoms with Crippen LogP contribution in [0.25, 0.3) is 0 Å².